The van der Waals surface area contributed by atoms with Gasteiger partial charge < -0.3 is 25.0 Å². The zero-order valence-corrected chi connectivity index (χ0v) is 21.0. The van der Waals surface area contributed by atoms with Gasteiger partial charge in [0.05, 0.1) is 12.5 Å². The molecule has 1 heterocycles. The van der Waals surface area contributed by atoms with Gasteiger partial charge in [-0.2, -0.15) is 0 Å². The molecule has 0 unspecified atom stereocenters. The number of hydrogen-bond donors (Lipinski definition) is 3. The summed E-state index contributed by atoms with van der Waals surface area (Å²) < 4.78 is 38.6. The van der Waals surface area contributed by atoms with Crippen LogP contribution in [0, 0.1) is 25.5 Å². The van der Waals surface area contributed by atoms with Gasteiger partial charge in [-0.05, 0) is 67.4 Å². The summed E-state index contributed by atoms with van der Waals surface area (Å²) in [5.41, 5.74) is 0.858. The van der Waals surface area contributed by atoms with Crippen molar-refractivity contribution in [1.29, 1.82) is 0 Å². The van der Waals surface area contributed by atoms with Crippen LogP contribution in [0.5, 0.6) is 23.1 Å². The molecule has 0 radical (unpaired) electrons. The first-order chi connectivity index (χ1) is 18.5. The average molecular weight is 536 g/mol. The number of rotatable bonds is 8. The molecule has 11 heteroatoms. The third-order valence-corrected chi connectivity index (χ3v) is 5.79. The molecule has 0 atom stereocenters. The normalized spacial score (nSPS) is 10.8. The van der Waals surface area contributed by atoms with Crippen molar-refractivity contribution in [1.82, 2.24) is 10.3 Å². The molecule has 0 aliphatic carbocycles. The Labute approximate surface area is 220 Å². The molecule has 200 valence electrons. The summed E-state index contributed by atoms with van der Waals surface area (Å²) >= 11 is 0. The lowest BCUT2D eigenvalue weighted by molar-refractivity contribution is -0.135. The van der Waals surface area contributed by atoms with E-state index < -0.39 is 47.3 Å². The number of halogens is 2. The maximum absolute atomic E-state index is 13.6. The van der Waals surface area contributed by atoms with E-state index in [0.717, 1.165) is 12.1 Å². The number of aromatic nitrogens is 1. The van der Waals surface area contributed by atoms with Crippen LogP contribution >= 0.6 is 0 Å². The fraction of sp³-hybridized carbons (Fsp3) is 0.143. The first-order valence-electron chi connectivity index (χ1n) is 11.5. The molecule has 9 nitrogen and oxygen atoms in total. The van der Waals surface area contributed by atoms with Gasteiger partial charge in [-0.1, -0.05) is 0 Å². The number of aromatic hydroxyl groups is 1. The zero-order valence-electron chi connectivity index (χ0n) is 21.0. The van der Waals surface area contributed by atoms with E-state index in [2.05, 4.69) is 10.3 Å². The number of carboxylic acid groups (broad SMARTS) is 1. The standard InChI is InChI=1S/C28H22F2N2O7/c1-13-6-15(24(35)16-8-17(29)10-18(30)9-16)7-14(2)26(13)39-19-4-5-20-21(11-19)28(38-3)32-23(25(20)36)27(37)31-12-22(33)34/h4-11,36H,12H2,1-3H3,(H,31,37)(H,33,34). The van der Waals surface area contributed by atoms with Crippen LogP contribution in [-0.4, -0.2) is 46.5 Å². The molecule has 3 N–H and O–H groups in total. The van der Waals surface area contributed by atoms with Crippen LogP contribution in [0.2, 0.25) is 0 Å². The van der Waals surface area contributed by atoms with E-state index in [1.54, 1.807) is 26.0 Å². The first kappa shape index (κ1) is 27.0. The van der Waals surface area contributed by atoms with E-state index in [9.17, 15) is 28.3 Å². The molecule has 4 aromatic rings. The van der Waals surface area contributed by atoms with E-state index in [4.69, 9.17) is 14.6 Å². The molecule has 1 aromatic heterocycles. The van der Waals surface area contributed by atoms with Gasteiger partial charge in [0, 0.05) is 22.6 Å². The zero-order chi connectivity index (χ0) is 28.4. The summed E-state index contributed by atoms with van der Waals surface area (Å²) in [6, 6.07) is 10.3. The fourth-order valence-electron chi connectivity index (χ4n) is 4.08. The van der Waals surface area contributed by atoms with Crippen molar-refractivity contribution >= 4 is 28.4 Å². The Morgan fingerprint density at radius 2 is 1.54 bits per heavy atom. The molecule has 0 saturated heterocycles. The topological polar surface area (TPSA) is 135 Å². The van der Waals surface area contributed by atoms with E-state index in [0.29, 0.717) is 34.1 Å². The molecule has 0 fully saturated rings. The quantitative estimate of drug-likeness (QED) is 0.276. The molecule has 3 aromatic carbocycles. The van der Waals surface area contributed by atoms with Crippen LogP contribution in [-0.2, 0) is 4.79 Å². The number of nitrogens with one attached hydrogen (secondary N) is 1. The SMILES string of the molecule is COc1nc(C(=O)NCC(=O)O)c(O)c2ccc(Oc3c(C)cc(C(=O)c4cc(F)cc(F)c4)cc3C)cc12. The minimum atomic E-state index is -1.26. The monoisotopic (exact) mass is 536 g/mol. The van der Waals surface area contributed by atoms with E-state index in [-0.39, 0.29) is 22.4 Å². The summed E-state index contributed by atoms with van der Waals surface area (Å²) in [5, 5.41) is 22.1. The number of hydrogen-bond acceptors (Lipinski definition) is 7. The molecular weight excluding hydrogens is 514 g/mol. The van der Waals surface area contributed by atoms with Crippen LogP contribution in [0.15, 0.2) is 48.5 Å². The number of benzene rings is 3. The number of ketones is 1. The molecule has 0 aliphatic heterocycles. The van der Waals surface area contributed by atoms with Crippen molar-refractivity contribution in [2.45, 2.75) is 13.8 Å². The van der Waals surface area contributed by atoms with E-state index in [1.807, 2.05) is 0 Å². The number of amides is 1. The van der Waals surface area contributed by atoms with Gasteiger partial charge in [0.25, 0.3) is 5.91 Å². The van der Waals surface area contributed by atoms with Gasteiger partial charge in [-0.3, -0.25) is 14.4 Å². The Bertz CT molecular complexity index is 1610. The predicted octanol–water partition coefficient (Wildman–Crippen LogP) is 4.68. The maximum Gasteiger partial charge on any atom is 0.322 e. The second-order valence-electron chi connectivity index (χ2n) is 8.63. The van der Waals surface area contributed by atoms with Crippen molar-refractivity contribution < 1.29 is 42.9 Å². The number of carbonyl (C=O) groups excluding carboxylic acids is 2. The molecule has 0 bridgehead atoms. The Morgan fingerprint density at radius 1 is 0.923 bits per heavy atom. The van der Waals surface area contributed by atoms with Gasteiger partial charge >= 0.3 is 5.97 Å². The number of aryl methyl sites for hydroxylation is 2. The van der Waals surface area contributed by atoms with Gasteiger partial charge in [-0.25, -0.2) is 13.8 Å². The number of methoxy groups -OCH3 is 1. The maximum atomic E-state index is 13.6. The number of ether oxygens (including phenoxy) is 2. The second kappa shape index (κ2) is 10.7. The van der Waals surface area contributed by atoms with Crippen molar-refractivity contribution in [3.63, 3.8) is 0 Å². The minimum Gasteiger partial charge on any atom is -0.505 e. The van der Waals surface area contributed by atoms with Gasteiger partial charge in [0.15, 0.2) is 17.2 Å². The van der Waals surface area contributed by atoms with E-state index >= 15 is 0 Å². The van der Waals surface area contributed by atoms with Crippen LogP contribution < -0.4 is 14.8 Å². The Hall–Kier alpha value is -5.06. The largest absolute Gasteiger partial charge is 0.505 e. The summed E-state index contributed by atoms with van der Waals surface area (Å²) in [6.45, 7) is 2.76. The van der Waals surface area contributed by atoms with Crippen LogP contribution in [0.25, 0.3) is 10.8 Å². The lowest BCUT2D eigenvalue weighted by atomic mass is 9.98. The lowest BCUT2D eigenvalue weighted by Gasteiger charge is -2.15. The molecule has 39 heavy (non-hydrogen) atoms. The van der Waals surface area contributed by atoms with E-state index in [1.165, 1.54) is 25.3 Å². The van der Waals surface area contributed by atoms with Crippen LogP contribution in [0.4, 0.5) is 8.78 Å². The highest BCUT2D eigenvalue weighted by molar-refractivity contribution is 6.09. The predicted molar refractivity (Wildman–Crippen MR) is 136 cm³/mol. The molecule has 0 saturated carbocycles. The smallest absolute Gasteiger partial charge is 0.322 e. The van der Waals surface area contributed by atoms with Crippen LogP contribution in [0.3, 0.4) is 0 Å². The third-order valence-electron chi connectivity index (χ3n) is 5.79. The number of aliphatic carboxylic acids is 1. The Kier molecular flexibility index (Phi) is 7.43. The van der Waals surface area contributed by atoms with Gasteiger partial charge in [0.1, 0.15) is 29.7 Å². The first-order valence-corrected chi connectivity index (χ1v) is 11.5. The molecule has 0 aliphatic rings. The lowest BCUT2D eigenvalue weighted by Crippen LogP contribution is -2.30. The van der Waals surface area contributed by atoms with Crippen molar-refractivity contribution in [2.75, 3.05) is 13.7 Å². The van der Waals surface area contributed by atoms with Crippen LogP contribution in [0.1, 0.15) is 37.5 Å². The second-order valence-corrected chi connectivity index (χ2v) is 8.63. The summed E-state index contributed by atoms with van der Waals surface area (Å²) in [4.78, 5) is 40.0. The number of carbonyl (C=O) groups is 3. The number of fused-ring (bicyclic) bond motifs is 1. The van der Waals surface area contributed by atoms with Gasteiger partial charge in [-0.15, -0.1) is 0 Å². The Balaban J connectivity index is 1.67. The van der Waals surface area contributed by atoms with Crippen molar-refractivity contribution in [3.8, 4) is 23.1 Å². The Morgan fingerprint density at radius 3 is 2.13 bits per heavy atom. The molecular formula is C28H22F2N2O7. The highest BCUT2D eigenvalue weighted by Gasteiger charge is 2.21. The molecule has 0 spiro atoms. The summed E-state index contributed by atoms with van der Waals surface area (Å²) in [7, 11) is 1.32. The number of pyridine rings is 1. The number of nitrogens with zero attached hydrogens (tertiary/aromatic N) is 1. The van der Waals surface area contributed by atoms with Gasteiger partial charge in [0.2, 0.25) is 5.88 Å². The summed E-state index contributed by atoms with van der Waals surface area (Å²) in [6.07, 6.45) is 0. The summed E-state index contributed by atoms with van der Waals surface area (Å²) in [5.74, 6) is -4.14. The van der Waals surface area contributed by atoms with Crippen molar-refractivity contribution in [2.24, 2.45) is 0 Å². The third kappa shape index (κ3) is 5.61. The average Bonchev–Trinajstić information content (AvgIpc) is 2.88. The minimum absolute atomic E-state index is 0.00885. The molecule has 4 rings (SSSR count). The fourth-order valence-corrected chi connectivity index (χ4v) is 4.08. The van der Waals surface area contributed by atoms with Crippen molar-refractivity contribution in [3.05, 3.63) is 88.1 Å². The highest BCUT2D eigenvalue weighted by atomic mass is 19.1. The number of carboxylic acids is 1. The molecule has 1 amide bonds. The highest BCUT2D eigenvalue weighted by Crippen LogP contribution is 2.38.